The van der Waals surface area contributed by atoms with Gasteiger partial charge in [-0.15, -0.1) is 0 Å². The van der Waals surface area contributed by atoms with E-state index < -0.39 is 23.2 Å². The fraction of sp³-hybridized carbons (Fsp3) is 0.286. The molecule has 0 saturated carbocycles. The average Bonchev–Trinajstić information content (AvgIpc) is 2.65. The molecule has 2 aromatic carbocycles. The summed E-state index contributed by atoms with van der Waals surface area (Å²) in [6.07, 6.45) is 0. The smallest absolute Gasteiger partial charge is 0.339 e. The molecular weight excluding hydrogens is 344 g/mol. The first-order valence-electron chi connectivity index (χ1n) is 8.58. The van der Waals surface area contributed by atoms with Gasteiger partial charge in [-0.05, 0) is 38.5 Å². The largest absolute Gasteiger partial charge is 0.465 e. The monoisotopic (exact) mass is 368 g/mol. The molecule has 0 bridgehead atoms. The van der Waals surface area contributed by atoms with Gasteiger partial charge in [0.2, 0.25) is 11.8 Å². The van der Waals surface area contributed by atoms with Gasteiger partial charge in [-0.25, -0.2) is 4.79 Å². The number of methoxy groups -OCH3 is 1. The number of hydrogen-bond acceptors (Lipinski definition) is 4. The number of hydrogen-bond donors (Lipinski definition) is 2. The van der Waals surface area contributed by atoms with Gasteiger partial charge >= 0.3 is 5.97 Å². The highest BCUT2D eigenvalue weighted by atomic mass is 16.5. The second-order valence-electron chi connectivity index (χ2n) is 6.79. The van der Waals surface area contributed by atoms with Crippen LogP contribution in [0.1, 0.15) is 35.3 Å². The Balaban J connectivity index is 2.08. The Morgan fingerprint density at radius 2 is 1.70 bits per heavy atom. The van der Waals surface area contributed by atoms with Crippen LogP contribution in [0.4, 0.5) is 5.69 Å². The molecule has 27 heavy (non-hydrogen) atoms. The number of esters is 1. The molecule has 2 amide bonds. The van der Waals surface area contributed by atoms with E-state index in [-0.39, 0.29) is 5.56 Å². The fourth-order valence-corrected chi connectivity index (χ4v) is 2.49. The highest BCUT2D eigenvalue weighted by Gasteiger charge is 2.36. The van der Waals surface area contributed by atoms with Crippen molar-refractivity contribution in [3.8, 4) is 0 Å². The number of ether oxygens (including phenoxy) is 1. The van der Waals surface area contributed by atoms with Crippen LogP contribution in [-0.4, -0.2) is 24.9 Å². The van der Waals surface area contributed by atoms with Gasteiger partial charge < -0.3 is 15.4 Å². The lowest BCUT2D eigenvalue weighted by Crippen LogP contribution is -2.45. The summed E-state index contributed by atoms with van der Waals surface area (Å²) in [5.41, 5.74) is 1.25. The SMILES string of the molecule is COC(=O)c1ccccc1NC(=O)C(C)(C)C(=O)NCc1cccc(C)c1. The van der Waals surface area contributed by atoms with E-state index in [2.05, 4.69) is 10.6 Å². The molecule has 0 aromatic heterocycles. The first-order chi connectivity index (χ1) is 12.8. The Labute approximate surface area is 158 Å². The van der Waals surface area contributed by atoms with Gasteiger partial charge in [-0.1, -0.05) is 42.0 Å². The number of benzene rings is 2. The van der Waals surface area contributed by atoms with E-state index in [1.807, 2.05) is 31.2 Å². The van der Waals surface area contributed by atoms with Crippen LogP contribution < -0.4 is 10.6 Å². The van der Waals surface area contributed by atoms with Crippen molar-refractivity contribution in [3.05, 3.63) is 65.2 Å². The minimum atomic E-state index is -1.33. The lowest BCUT2D eigenvalue weighted by molar-refractivity contribution is -0.138. The normalized spacial score (nSPS) is 10.8. The van der Waals surface area contributed by atoms with Gasteiger partial charge in [-0.2, -0.15) is 0 Å². The van der Waals surface area contributed by atoms with E-state index in [0.29, 0.717) is 12.2 Å². The average molecular weight is 368 g/mol. The molecule has 142 valence electrons. The van der Waals surface area contributed by atoms with Crippen molar-refractivity contribution in [2.24, 2.45) is 5.41 Å². The number of carbonyl (C=O) groups is 3. The van der Waals surface area contributed by atoms with Crippen molar-refractivity contribution >= 4 is 23.5 Å². The maximum absolute atomic E-state index is 12.7. The van der Waals surface area contributed by atoms with Crippen molar-refractivity contribution in [3.63, 3.8) is 0 Å². The van der Waals surface area contributed by atoms with Gasteiger partial charge in [0.15, 0.2) is 0 Å². The van der Waals surface area contributed by atoms with Crippen molar-refractivity contribution in [2.75, 3.05) is 12.4 Å². The third-order valence-corrected chi connectivity index (χ3v) is 4.25. The number of carbonyl (C=O) groups excluding carboxylic acids is 3. The van der Waals surface area contributed by atoms with E-state index in [4.69, 9.17) is 4.74 Å². The topological polar surface area (TPSA) is 84.5 Å². The van der Waals surface area contributed by atoms with Crippen LogP contribution in [0.5, 0.6) is 0 Å². The zero-order chi connectivity index (χ0) is 20.0. The van der Waals surface area contributed by atoms with Gasteiger partial charge in [0.1, 0.15) is 5.41 Å². The lowest BCUT2D eigenvalue weighted by atomic mass is 9.90. The number of para-hydroxylation sites is 1. The molecule has 0 heterocycles. The zero-order valence-corrected chi connectivity index (χ0v) is 16.0. The maximum atomic E-state index is 12.7. The Bertz CT molecular complexity index is 859. The number of rotatable bonds is 6. The molecule has 0 aliphatic heterocycles. The van der Waals surface area contributed by atoms with Gasteiger partial charge in [0, 0.05) is 6.54 Å². The predicted octanol–water partition coefficient (Wildman–Crippen LogP) is 3.06. The number of nitrogens with one attached hydrogen (secondary N) is 2. The van der Waals surface area contributed by atoms with Crippen molar-refractivity contribution in [1.82, 2.24) is 5.32 Å². The molecule has 2 rings (SSSR count). The molecule has 0 spiro atoms. The minimum absolute atomic E-state index is 0.226. The summed E-state index contributed by atoms with van der Waals surface area (Å²) in [4.78, 5) is 37.1. The van der Waals surface area contributed by atoms with Gasteiger partial charge in [0.05, 0.1) is 18.4 Å². The minimum Gasteiger partial charge on any atom is -0.465 e. The zero-order valence-electron chi connectivity index (χ0n) is 16.0. The number of amides is 2. The van der Waals surface area contributed by atoms with Crippen molar-refractivity contribution in [2.45, 2.75) is 27.3 Å². The summed E-state index contributed by atoms with van der Waals surface area (Å²) >= 11 is 0. The quantitative estimate of drug-likeness (QED) is 0.606. The highest BCUT2D eigenvalue weighted by molar-refractivity contribution is 6.11. The molecule has 0 aliphatic rings. The molecule has 0 radical (unpaired) electrons. The van der Waals surface area contributed by atoms with Crippen molar-refractivity contribution in [1.29, 1.82) is 0 Å². The van der Waals surface area contributed by atoms with E-state index in [9.17, 15) is 14.4 Å². The van der Waals surface area contributed by atoms with E-state index in [0.717, 1.165) is 11.1 Å². The Morgan fingerprint density at radius 1 is 1.00 bits per heavy atom. The highest BCUT2D eigenvalue weighted by Crippen LogP contribution is 2.22. The number of aryl methyl sites for hydroxylation is 1. The van der Waals surface area contributed by atoms with Crippen LogP contribution >= 0.6 is 0 Å². The molecule has 6 heteroatoms. The third-order valence-electron chi connectivity index (χ3n) is 4.25. The van der Waals surface area contributed by atoms with E-state index >= 15 is 0 Å². The summed E-state index contributed by atoms with van der Waals surface area (Å²) in [5.74, 6) is -1.48. The van der Waals surface area contributed by atoms with Crippen LogP contribution in [0.25, 0.3) is 0 Å². The fourth-order valence-electron chi connectivity index (χ4n) is 2.49. The number of anilines is 1. The first-order valence-corrected chi connectivity index (χ1v) is 8.58. The Morgan fingerprint density at radius 3 is 2.37 bits per heavy atom. The maximum Gasteiger partial charge on any atom is 0.339 e. The van der Waals surface area contributed by atoms with E-state index in [1.54, 1.807) is 24.3 Å². The van der Waals surface area contributed by atoms with Gasteiger partial charge in [0.25, 0.3) is 0 Å². The summed E-state index contributed by atoms with van der Waals surface area (Å²) < 4.78 is 4.72. The van der Waals surface area contributed by atoms with Crippen LogP contribution in [0.3, 0.4) is 0 Å². The molecule has 0 unspecified atom stereocenters. The Hall–Kier alpha value is -3.15. The molecule has 0 fully saturated rings. The third kappa shape index (κ3) is 4.94. The Kier molecular flexibility index (Phi) is 6.34. The second-order valence-corrected chi connectivity index (χ2v) is 6.79. The molecule has 2 aromatic rings. The lowest BCUT2D eigenvalue weighted by Gasteiger charge is -2.23. The van der Waals surface area contributed by atoms with Crippen LogP contribution in [0, 0.1) is 12.3 Å². The van der Waals surface area contributed by atoms with Crippen molar-refractivity contribution < 1.29 is 19.1 Å². The summed E-state index contributed by atoms with van der Waals surface area (Å²) in [5, 5.41) is 5.44. The first kappa shape index (κ1) is 20.2. The standard InChI is InChI=1S/C21H24N2O4/c1-14-8-7-9-15(12-14)13-22-19(25)21(2,3)20(26)23-17-11-6-5-10-16(17)18(24)27-4/h5-12H,13H2,1-4H3,(H,22,25)(H,23,26). The van der Waals surface area contributed by atoms with E-state index in [1.165, 1.54) is 21.0 Å². The summed E-state index contributed by atoms with van der Waals surface area (Å²) in [7, 11) is 1.27. The molecular formula is C21H24N2O4. The molecule has 0 saturated heterocycles. The van der Waals surface area contributed by atoms with Gasteiger partial charge in [-0.3, -0.25) is 9.59 Å². The summed E-state index contributed by atoms with van der Waals surface area (Å²) in [6.45, 7) is 5.38. The molecule has 0 atom stereocenters. The predicted molar refractivity (Wildman–Crippen MR) is 103 cm³/mol. The molecule has 6 nitrogen and oxygen atoms in total. The van der Waals surface area contributed by atoms with Crippen LogP contribution in [0.15, 0.2) is 48.5 Å². The van der Waals surface area contributed by atoms with Crippen LogP contribution in [0.2, 0.25) is 0 Å². The second kappa shape index (κ2) is 8.49. The molecule has 2 N–H and O–H groups in total. The summed E-state index contributed by atoms with van der Waals surface area (Å²) in [6, 6.07) is 14.3. The molecule has 0 aliphatic carbocycles. The van der Waals surface area contributed by atoms with Crippen LogP contribution in [-0.2, 0) is 20.9 Å².